The zero-order valence-corrected chi connectivity index (χ0v) is 13.5. The van der Waals surface area contributed by atoms with E-state index < -0.39 is 16.1 Å². The van der Waals surface area contributed by atoms with Crippen molar-refractivity contribution in [3.05, 3.63) is 23.8 Å². The highest BCUT2D eigenvalue weighted by Gasteiger charge is 2.35. The second-order valence-corrected chi connectivity index (χ2v) is 7.15. The molecule has 2 rings (SSSR count). The van der Waals surface area contributed by atoms with E-state index in [1.165, 1.54) is 12.1 Å². The van der Waals surface area contributed by atoms with Gasteiger partial charge in [-0.05, 0) is 37.0 Å². The predicted molar refractivity (Wildman–Crippen MR) is 83.8 cm³/mol. The SMILES string of the molecule is CC(CCCc1ccc(N2CC(=O)NS2(=O)=O)c(O)c1)C(N)=O. The van der Waals surface area contributed by atoms with Gasteiger partial charge in [0.1, 0.15) is 12.3 Å². The molecule has 1 aliphatic heterocycles. The highest BCUT2D eigenvalue weighted by atomic mass is 32.2. The molecule has 0 aromatic heterocycles. The Kier molecular flexibility index (Phi) is 4.79. The number of primary amides is 1. The lowest BCUT2D eigenvalue weighted by atomic mass is 10.0. The molecule has 1 heterocycles. The van der Waals surface area contributed by atoms with Gasteiger partial charge in [0.15, 0.2) is 0 Å². The summed E-state index contributed by atoms with van der Waals surface area (Å²) in [5, 5.41) is 10.0. The molecule has 4 N–H and O–H groups in total. The summed E-state index contributed by atoms with van der Waals surface area (Å²) in [7, 11) is -3.94. The van der Waals surface area contributed by atoms with E-state index in [0.717, 1.165) is 9.87 Å². The maximum atomic E-state index is 11.8. The molecule has 1 aromatic rings. The largest absolute Gasteiger partial charge is 0.506 e. The summed E-state index contributed by atoms with van der Waals surface area (Å²) in [6.07, 6.45) is 1.97. The second kappa shape index (κ2) is 6.45. The Morgan fingerprint density at radius 3 is 2.70 bits per heavy atom. The normalized spacial score (nSPS) is 17.8. The fourth-order valence-electron chi connectivity index (χ4n) is 2.35. The monoisotopic (exact) mass is 341 g/mol. The molecule has 1 fully saturated rings. The van der Waals surface area contributed by atoms with Crippen LogP contribution in [0.3, 0.4) is 0 Å². The highest BCUT2D eigenvalue weighted by Crippen LogP contribution is 2.31. The molecule has 8 nitrogen and oxygen atoms in total. The van der Waals surface area contributed by atoms with Crippen LogP contribution < -0.4 is 14.8 Å². The maximum absolute atomic E-state index is 11.8. The number of nitrogens with one attached hydrogen (secondary N) is 1. The lowest BCUT2D eigenvalue weighted by Gasteiger charge is -2.16. The number of carbonyl (C=O) groups excluding carboxylic acids is 2. The molecule has 1 unspecified atom stereocenters. The summed E-state index contributed by atoms with van der Waals surface area (Å²) in [6, 6.07) is 4.60. The van der Waals surface area contributed by atoms with Gasteiger partial charge in [0.2, 0.25) is 5.91 Å². The van der Waals surface area contributed by atoms with Gasteiger partial charge in [-0.15, -0.1) is 0 Å². The number of aryl methyl sites for hydroxylation is 1. The van der Waals surface area contributed by atoms with E-state index in [0.29, 0.717) is 19.3 Å². The quantitative estimate of drug-likeness (QED) is 0.671. The Balaban J connectivity index is 2.07. The Morgan fingerprint density at radius 2 is 2.17 bits per heavy atom. The molecule has 1 atom stereocenters. The maximum Gasteiger partial charge on any atom is 0.326 e. The minimum Gasteiger partial charge on any atom is -0.506 e. The molecular formula is C14H19N3O5S. The molecule has 0 bridgehead atoms. The first kappa shape index (κ1) is 17.1. The molecule has 1 aromatic carbocycles. The molecule has 1 saturated heterocycles. The van der Waals surface area contributed by atoms with E-state index in [1.807, 2.05) is 4.72 Å². The van der Waals surface area contributed by atoms with Crippen LogP contribution in [0.25, 0.3) is 0 Å². The summed E-state index contributed by atoms with van der Waals surface area (Å²) in [5.41, 5.74) is 6.05. The van der Waals surface area contributed by atoms with Crippen molar-refractivity contribution in [2.75, 3.05) is 10.8 Å². The number of hydrogen-bond donors (Lipinski definition) is 3. The molecule has 126 valence electrons. The van der Waals surface area contributed by atoms with E-state index in [9.17, 15) is 23.1 Å². The Morgan fingerprint density at radius 1 is 1.48 bits per heavy atom. The van der Waals surface area contributed by atoms with Gasteiger partial charge >= 0.3 is 10.2 Å². The van der Waals surface area contributed by atoms with Crippen LogP contribution in [0.15, 0.2) is 18.2 Å². The summed E-state index contributed by atoms with van der Waals surface area (Å²) in [6.45, 7) is 1.40. The first-order valence-electron chi connectivity index (χ1n) is 7.15. The van der Waals surface area contributed by atoms with E-state index in [4.69, 9.17) is 5.73 Å². The second-order valence-electron chi connectivity index (χ2n) is 5.56. The fraction of sp³-hybridized carbons (Fsp3) is 0.429. The zero-order chi connectivity index (χ0) is 17.2. The van der Waals surface area contributed by atoms with Gasteiger partial charge in [-0.3, -0.25) is 9.59 Å². The van der Waals surface area contributed by atoms with Crippen molar-refractivity contribution in [3.63, 3.8) is 0 Å². The van der Waals surface area contributed by atoms with Gasteiger partial charge in [0.05, 0.1) is 5.69 Å². The van der Waals surface area contributed by atoms with E-state index >= 15 is 0 Å². The van der Waals surface area contributed by atoms with Crippen molar-refractivity contribution in [2.24, 2.45) is 11.7 Å². The Hall–Kier alpha value is -2.29. The number of amides is 2. The van der Waals surface area contributed by atoms with E-state index in [2.05, 4.69) is 0 Å². The van der Waals surface area contributed by atoms with Crippen LogP contribution in [-0.4, -0.2) is 31.9 Å². The number of carbonyl (C=O) groups is 2. The van der Waals surface area contributed by atoms with Crippen LogP contribution in [0.1, 0.15) is 25.3 Å². The molecule has 0 saturated carbocycles. The van der Waals surface area contributed by atoms with Crippen molar-refractivity contribution in [1.82, 2.24) is 4.72 Å². The average Bonchev–Trinajstić information content (AvgIpc) is 2.71. The summed E-state index contributed by atoms with van der Waals surface area (Å²) >= 11 is 0. The average molecular weight is 341 g/mol. The van der Waals surface area contributed by atoms with Gasteiger partial charge in [-0.2, -0.15) is 8.42 Å². The molecule has 23 heavy (non-hydrogen) atoms. The van der Waals surface area contributed by atoms with Crippen LogP contribution in [0.4, 0.5) is 5.69 Å². The van der Waals surface area contributed by atoms with Crippen LogP contribution in [0.2, 0.25) is 0 Å². The summed E-state index contributed by atoms with van der Waals surface area (Å²) < 4.78 is 26.2. The summed E-state index contributed by atoms with van der Waals surface area (Å²) in [5.74, 6) is -1.42. The van der Waals surface area contributed by atoms with Crippen molar-refractivity contribution < 1.29 is 23.1 Å². The zero-order valence-electron chi connectivity index (χ0n) is 12.7. The van der Waals surface area contributed by atoms with Crippen LogP contribution >= 0.6 is 0 Å². The van der Waals surface area contributed by atoms with Crippen molar-refractivity contribution in [2.45, 2.75) is 26.2 Å². The van der Waals surface area contributed by atoms with Crippen molar-refractivity contribution >= 4 is 27.7 Å². The molecule has 0 spiro atoms. The molecular weight excluding hydrogens is 322 g/mol. The molecule has 0 radical (unpaired) electrons. The Bertz CT molecular complexity index is 732. The fourth-order valence-corrected chi connectivity index (χ4v) is 3.51. The number of nitrogens with zero attached hydrogens (tertiary/aromatic N) is 1. The number of rotatable bonds is 6. The minimum absolute atomic E-state index is 0.0533. The van der Waals surface area contributed by atoms with Crippen LogP contribution in [-0.2, 0) is 26.2 Å². The van der Waals surface area contributed by atoms with Gasteiger partial charge < -0.3 is 10.8 Å². The Labute approximate surface area is 134 Å². The number of phenols is 1. The van der Waals surface area contributed by atoms with Gasteiger partial charge in [-0.25, -0.2) is 9.03 Å². The van der Waals surface area contributed by atoms with Crippen LogP contribution in [0.5, 0.6) is 5.75 Å². The van der Waals surface area contributed by atoms with Gasteiger partial charge in [0.25, 0.3) is 5.91 Å². The number of benzene rings is 1. The standard InChI is InChI=1S/C14H19N3O5S/c1-9(14(15)20)3-2-4-10-5-6-11(12(18)7-10)17-8-13(19)16-23(17,21)22/h5-7,9,18H,2-4,8H2,1H3,(H2,15,20)(H,16,19). The highest BCUT2D eigenvalue weighted by molar-refractivity contribution is 7.92. The van der Waals surface area contributed by atoms with Crippen molar-refractivity contribution in [1.29, 1.82) is 0 Å². The summed E-state index contributed by atoms with van der Waals surface area (Å²) in [4.78, 5) is 22.2. The topological polar surface area (TPSA) is 130 Å². The van der Waals surface area contributed by atoms with Crippen molar-refractivity contribution in [3.8, 4) is 5.75 Å². The molecule has 2 amide bonds. The number of hydrogen-bond acceptors (Lipinski definition) is 5. The molecule has 9 heteroatoms. The first-order chi connectivity index (χ1) is 10.7. The van der Waals surface area contributed by atoms with E-state index in [1.54, 1.807) is 13.0 Å². The van der Waals surface area contributed by atoms with Crippen LogP contribution in [0, 0.1) is 5.92 Å². The lowest BCUT2D eigenvalue weighted by molar-refractivity contribution is -0.121. The third-order valence-corrected chi connectivity index (χ3v) is 5.11. The lowest BCUT2D eigenvalue weighted by Crippen LogP contribution is -2.29. The number of phenolic OH excluding ortho intramolecular Hbond substituents is 1. The van der Waals surface area contributed by atoms with E-state index in [-0.39, 0.29) is 29.8 Å². The first-order valence-corrected chi connectivity index (χ1v) is 8.59. The van der Waals surface area contributed by atoms with Gasteiger partial charge in [0, 0.05) is 5.92 Å². The number of anilines is 1. The van der Waals surface area contributed by atoms with Gasteiger partial charge in [-0.1, -0.05) is 13.0 Å². The third kappa shape index (κ3) is 3.92. The predicted octanol–water partition coefficient (Wildman–Crippen LogP) is 0.0173. The third-order valence-electron chi connectivity index (χ3n) is 3.72. The molecule has 0 aliphatic carbocycles. The molecule has 1 aliphatic rings. The number of aromatic hydroxyl groups is 1. The minimum atomic E-state index is -3.94. The number of nitrogens with two attached hydrogens (primary N) is 1. The smallest absolute Gasteiger partial charge is 0.326 e.